The van der Waals surface area contributed by atoms with E-state index in [1.165, 1.54) is 34.0 Å². The zero-order valence-corrected chi connectivity index (χ0v) is 25.0. The topological polar surface area (TPSA) is 105 Å². The summed E-state index contributed by atoms with van der Waals surface area (Å²) in [5.74, 6) is -0.594. The molecule has 3 heterocycles. The van der Waals surface area contributed by atoms with Gasteiger partial charge in [0, 0.05) is 23.5 Å². The van der Waals surface area contributed by atoms with Crippen molar-refractivity contribution in [2.75, 3.05) is 13.1 Å². The highest BCUT2D eigenvalue weighted by Gasteiger charge is 2.45. The minimum Gasteiger partial charge on any atom is -0.444 e. The lowest BCUT2D eigenvalue weighted by atomic mass is 10.0. The zero-order chi connectivity index (χ0) is 31.3. The first-order chi connectivity index (χ1) is 20.1. The quantitative estimate of drug-likeness (QED) is 0.342. The van der Waals surface area contributed by atoms with Crippen LogP contribution in [0.25, 0.3) is 17.0 Å². The van der Waals surface area contributed by atoms with Gasteiger partial charge in [0.2, 0.25) is 0 Å². The number of fused-ring (bicyclic) bond motifs is 1. The number of hydrogen-bond acceptors (Lipinski definition) is 7. The average Bonchev–Trinajstić information content (AvgIpc) is 3.42. The van der Waals surface area contributed by atoms with Gasteiger partial charge in [-0.05, 0) is 80.4 Å². The van der Waals surface area contributed by atoms with E-state index in [1.807, 2.05) is 0 Å². The third kappa shape index (κ3) is 6.68. The van der Waals surface area contributed by atoms with Crippen molar-refractivity contribution in [3.05, 3.63) is 69.2 Å². The van der Waals surface area contributed by atoms with Crippen LogP contribution in [0.4, 0.5) is 22.8 Å². The Morgan fingerprint density at radius 2 is 1.93 bits per heavy atom. The van der Waals surface area contributed by atoms with Crippen molar-refractivity contribution in [2.24, 2.45) is 0 Å². The minimum absolute atomic E-state index is 0.00906. The number of aliphatic hydroxyl groups is 1. The van der Waals surface area contributed by atoms with Gasteiger partial charge >= 0.3 is 12.3 Å². The molecule has 1 aromatic heterocycles. The van der Waals surface area contributed by atoms with Crippen LogP contribution in [0.5, 0.6) is 0 Å². The van der Waals surface area contributed by atoms with Crippen molar-refractivity contribution in [1.29, 1.82) is 0 Å². The summed E-state index contributed by atoms with van der Waals surface area (Å²) in [4.78, 5) is 41.3. The molecular formula is C29H28ClF3N4O5S. The number of rotatable bonds is 4. The van der Waals surface area contributed by atoms with Gasteiger partial charge in [0.05, 0.1) is 40.9 Å². The van der Waals surface area contributed by atoms with E-state index in [0.717, 1.165) is 22.7 Å². The lowest BCUT2D eigenvalue weighted by Crippen LogP contribution is -2.58. The Morgan fingerprint density at radius 3 is 2.63 bits per heavy atom. The second-order valence-electron chi connectivity index (χ2n) is 11.3. The molecule has 0 spiro atoms. The van der Waals surface area contributed by atoms with Crippen LogP contribution in [0.15, 0.2) is 47.5 Å². The molecule has 43 heavy (non-hydrogen) atoms. The van der Waals surface area contributed by atoms with Gasteiger partial charge in [-0.1, -0.05) is 23.7 Å². The maximum Gasteiger partial charge on any atom is 0.416 e. The number of thioether (sulfide) groups is 1. The second-order valence-corrected chi connectivity index (χ2v) is 12.8. The number of aromatic nitrogens is 2. The van der Waals surface area contributed by atoms with E-state index in [0.29, 0.717) is 16.5 Å². The molecule has 2 saturated heterocycles. The molecule has 0 radical (unpaired) electrons. The Bertz CT molecular complexity index is 1630. The number of piperidine rings is 1. The molecular weight excluding hydrogens is 609 g/mol. The Balaban J connectivity index is 1.35. The summed E-state index contributed by atoms with van der Waals surface area (Å²) in [5, 5.41) is 14.9. The minimum atomic E-state index is -4.58. The average molecular weight is 637 g/mol. The molecule has 2 atom stereocenters. The maximum absolute atomic E-state index is 13.6. The van der Waals surface area contributed by atoms with Crippen LogP contribution < -0.4 is 0 Å². The molecule has 0 saturated carbocycles. The number of likely N-dealkylation sites (tertiary alicyclic amines) is 1. The molecule has 5 rings (SSSR count). The van der Waals surface area contributed by atoms with Crippen LogP contribution >= 0.6 is 23.4 Å². The Labute approximate surface area is 254 Å². The molecule has 3 amide bonds. The first kappa shape index (κ1) is 30.9. The van der Waals surface area contributed by atoms with Gasteiger partial charge in [0.15, 0.2) is 0 Å². The summed E-state index contributed by atoms with van der Waals surface area (Å²) in [6, 6.07) is 7.71. The van der Waals surface area contributed by atoms with E-state index in [4.69, 9.17) is 16.3 Å². The Kier molecular flexibility index (Phi) is 8.27. The fourth-order valence-corrected chi connectivity index (χ4v) is 6.07. The lowest BCUT2D eigenvalue weighted by molar-refractivity contribution is -0.138. The monoisotopic (exact) mass is 636 g/mol. The number of nitrogens with zero attached hydrogens (tertiary/aromatic N) is 4. The maximum atomic E-state index is 13.6. The molecule has 0 aliphatic carbocycles. The third-order valence-electron chi connectivity index (χ3n) is 7.01. The molecule has 2 aromatic carbocycles. The number of hydrogen-bond donors (Lipinski definition) is 1. The standard InChI is InChI=1S/C29H28ClF3N4O5S/c1-28(2,3)42-26(40)35-9-8-23(38)22(15-35)37-25(39)24(43-27(37)41)11-16-4-7-21-18(10-16)13-34-36(21)14-17-5-6-19(30)12-20(17)29(31,32)33/h4-7,10-13,22-23,38H,8-9,14-15H2,1-3H3. The van der Waals surface area contributed by atoms with Crippen LogP contribution in [0.2, 0.25) is 5.02 Å². The Hall–Kier alpha value is -3.55. The van der Waals surface area contributed by atoms with Crippen molar-refractivity contribution in [1.82, 2.24) is 19.6 Å². The SMILES string of the molecule is CC(C)(C)OC(=O)N1CCC(O)C(N2C(=O)SC(=Cc3ccc4c(cnn4Cc4ccc(Cl)cc4C(F)(F)F)c3)C2=O)C1. The van der Waals surface area contributed by atoms with Crippen molar-refractivity contribution in [3.63, 3.8) is 0 Å². The fraction of sp³-hybridized carbons (Fsp3) is 0.379. The van der Waals surface area contributed by atoms with E-state index in [-0.39, 0.29) is 41.5 Å². The van der Waals surface area contributed by atoms with Crippen molar-refractivity contribution in [3.8, 4) is 0 Å². The number of carbonyl (C=O) groups excluding carboxylic acids is 3. The number of halogens is 4. The molecule has 9 nitrogen and oxygen atoms in total. The summed E-state index contributed by atoms with van der Waals surface area (Å²) in [6.07, 6.45) is -2.97. The van der Waals surface area contributed by atoms with Crippen LogP contribution in [-0.2, 0) is 22.3 Å². The predicted octanol–water partition coefficient (Wildman–Crippen LogP) is 6.16. The van der Waals surface area contributed by atoms with E-state index >= 15 is 0 Å². The van der Waals surface area contributed by atoms with Gasteiger partial charge < -0.3 is 14.7 Å². The molecule has 2 aliphatic rings. The van der Waals surface area contributed by atoms with Gasteiger partial charge in [-0.2, -0.15) is 18.3 Å². The number of carbonyl (C=O) groups is 3. The molecule has 1 N–H and O–H groups in total. The fourth-order valence-electron chi connectivity index (χ4n) is 5.02. The molecule has 2 fully saturated rings. The summed E-state index contributed by atoms with van der Waals surface area (Å²) < 4.78 is 47.6. The van der Waals surface area contributed by atoms with E-state index in [1.54, 1.807) is 39.0 Å². The Morgan fingerprint density at radius 1 is 1.19 bits per heavy atom. The van der Waals surface area contributed by atoms with Gasteiger partial charge in [0.25, 0.3) is 11.1 Å². The highest BCUT2D eigenvalue weighted by Crippen LogP contribution is 2.37. The van der Waals surface area contributed by atoms with Gasteiger partial charge in [-0.25, -0.2) is 4.79 Å². The van der Waals surface area contributed by atoms with Crippen molar-refractivity contribution in [2.45, 2.75) is 57.7 Å². The van der Waals surface area contributed by atoms with E-state index in [2.05, 4.69) is 5.10 Å². The van der Waals surface area contributed by atoms with Crippen LogP contribution in [0.3, 0.4) is 0 Å². The number of amides is 3. The van der Waals surface area contributed by atoms with Crippen molar-refractivity contribution >= 4 is 57.6 Å². The molecule has 3 aromatic rings. The summed E-state index contributed by atoms with van der Waals surface area (Å²) >= 11 is 6.52. The van der Waals surface area contributed by atoms with E-state index in [9.17, 15) is 32.7 Å². The highest BCUT2D eigenvalue weighted by molar-refractivity contribution is 8.18. The van der Waals surface area contributed by atoms with Gasteiger partial charge in [-0.3, -0.25) is 19.2 Å². The number of ether oxygens (including phenoxy) is 1. The van der Waals surface area contributed by atoms with Crippen LogP contribution in [0, 0.1) is 0 Å². The number of benzene rings is 2. The number of imide groups is 1. The summed E-state index contributed by atoms with van der Waals surface area (Å²) in [6.45, 7) is 5.21. The summed E-state index contributed by atoms with van der Waals surface area (Å²) in [7, 11) is 0. The molecule has 2 aliphatic heterocycles. The third-order valence-corrected chi connectivity index (χ3v) is 8.13. The van der Waals surface area contributed by atoms with Crippen LogP contribution in [-0.4, -0.2) is 72.8 Å². The largest absolute Gasteiger partial charge is 0.444 e. The number of aliphatic hydroxyl groups excluding tert-OH is 1. The smallest absolute Gasteiger partial charge is 0.416 e. The van der Waals surface area contributed by atoms with Crippen molar-refractivity contribution < 1.29 is 37.4 Å². The normalized spacial score (nSPS) is 20.9. The molecule has 228 valence electrons. The molecule has 2 unspecified atom stereocenters. The second kappa shape index (κ2) is 11.5. The van der Waals surface area contributed by atoms with Gasteiger partial charge in [-0.15, -0.1) is 0 Å². The van der Waals surface area contributed by atoms with Gasteiger partial charge in [0.1, 0.15) is 5.60 Å². The van der Waals surface area contributed by atoms with Crippen LogP contribution in [0.1, 0.15) is 43.9 Å². The summed E-state index contributed by atoms with van der Waals surface area (Å²) in [5.41, 5.74) is -0.420. The highest BCUT2D eigenvalue weighted by atomic mass is 35.5. The molecule has 14 heteroatoms. The van der Waals surface area contributed by atoms with E-state index < -0.39 is 46.7 Å². The first-order valence-corrected chi connectivity index (χ1v) is 14.5. The number of alkyl halides is 3. The predicted molar refractivity (Wildman–Crippen MR) is 155 cm³/mol. The lowest BCUT2D eigenvalue weighted by Gasteiger charge is -2.39. The molecule has 0 bridgehead atoms. The zero-order valence-electron chi connectivity index (χ0n) is 23.4. The first-order valence-electron chi connectivity index (χ1n) is 13.3.